The number of carbonyl (C=O) groups is 1. The molecular formula is C34H59NO2. The lowest BCUT2D eigenvalue weighted by atomic mass is 9.36. The first kappa shape index (κ1) is 28.0. The second-order valence-corrected chi connectivity index (χ2v) is 15.6. The molecule has 37 heavy (non-hydrogen) atoms. The largest absolute Gasteiger partial charge is 0.376 e. The predicted octanol–water partition coefficient (Wildman–Crippen LogP) is 8.55. The average Bonchev–Trinajstić information content (AvgIpc) is 3.53. The highest BCUT2D eigenvalue weighted by molar-refractivity contribution is 5.83. The van der Waals surface area contributed by atoms with E-state index in [0.29, 0.717) is 28.1 Å². The minimum atomic E-state index is -0.0725. The molecule has 212 valence electrons. The summed E-state index contributed by atoms with van der Waals surface area (Å²) in [5, 5.41) is 3.41. The number of hydrogen-bond donors (Lipinski definition) is 1. The summed E-state index contributed by atoms with van der Waals surface area (Å²) >= 11 is 0. The van der Waals surface area contributed by atoms with E-state index in [4.69, 9.17) is 4.74 Å². The van der Waals surface area contributed by atoms with E-state index in [1.807, 2.05) is 0 Å². The molecule has 5 aliphatic carbocycles. The summed E-state index contributed by atoms with van der Waals surface area (Å²) in [7, 11) is 0. The smallest absolute Gasteiger partial charge is 0.226 e. The first-order valence-electron chi connectivity index (χ1n) is 16.5. The first-order chi connectivity index (χ1) is 17.6. The Labute approximate surface area is 229 Å². The van der Waals surface area contributed by atoms with Crippen LogP contribution in [0.25, 0.3) is 0 Å². The van der Waals surface area contributed by atoms with Gasteiger partial charge in [0, 0.05) is 13.2 Å². The highest BCUT2D eigenvalue weighted by Gasteiger charge is 2.66. The molecule has 0 aromatic rings. The lowest BCUT2D eigenvalue weighted by molar-refractivity contribution is -0.196. The second-order valence-electron chi connectivity index (χ2n) is 15.6. The molecule has 6 fully saturated rings. The third-order valence-electron chi connectivity index (χ3n) is 13.2. The van der Waals surface area contributed by atoms with E-state index in [-0.39, 0.29) is 11.5 Å². The van der Waals surface area contributed by atoms with Gasteiger partial charge < -0.3 is 10.1 Å². The highest BCUT2D eigenvalue weighted by Crippen LogP contribution is 2.72. The number of rotatable bonds is 3. The lowest BCUT2D eigenvalue weighted by Gasteiger charge is -2.68. The molecule has 0 aromatic heterocycles. The van der Waals surface area contributed by atoms with Crippen molar-refractivity contribution in [3.63, 3.8) is 0 Å². The molecule has 1 saturated heterocycles. The molecular weight excluding hydrogens is 454 g/mol. The van der Waals surface area contributed by atoms with Gasteiger partial charge in [0.1, 0.15) is 0 Å². The Hall–Kier alpha value is -0.570. The van der Waals surface area contributed by atoms with Crippen LogP contribution < -0.4 is 5.32 Å². The summed E-state index contributed by atoms with van der Waals surface area (Å²) in [5.41, 5.74) is 1.46. The topological polar surface area (TPSA) is 38.3 Å². The number of carbonyl (C=O) groups excluding carboxylic acids is 1. The van der Waals surface area contributed by atoms with Gasteiger partial charge in [-0.05, 0) is 123 Å². The summed E-state index contributed by atoms with van der Waals surface area (Å²) in [5.74, 6) is 4.43. The molecule has 0 bridgehead atoms. The molecule has 0 aromatic carbocycles. The van der Waals surface area contributed by atoms with E-state index in [1.165, 1.54) is 70.6 Å². The molecule has 3 heteroatoms. The van der Waals surface area contributed by atoms with Crippen LogP contribution in [-0.4, -0.2) is 25.2 Å². The molecule has 1 N–H and O–H groups in total. The van der Waals surface area contributed by atoms with E-state index < -0.39 is 0 Å². The van der Waals surface area contributed by atoms with Crippen LogP contribution in [0.2, 0.25) is 0 Å². The molecule has 9 unspecified atom stereocenters. The fourth-order valence-electron chi connectivity index (χ4n) is 11.9. The first-order valence-corrected chi connectivity index (χ1v) is 16.5. The van der Waals surface area contributed by atoms with Gasteiger partial charge in [-0.15, -0.1) is 0 Å². The van der Waals surface area contributed by atoms with Crippen LogP contribution in [0.1, 0.15) is 138 Å². The van der Waals surface area contributed by atoms with Crippen molar-refractivity contribution >= 4 is 5.91 Å². The standard InChI is InChI=1S/C31H51NO2.C3H8/c1-28(2)14-7-15-30(4)25(28)13-17-29(3)23-12-18-31(27(33)32-20-21-8-6-19-34-21)16-5-9-24(31)22(23)10-11-26(29)30;1-3-2/h21-26H,5-20H2,1-4H3,(H,32,33);3H2,1-2H3. The molecule has 1 amide bonds. The van der Waals surface area contributed by atoms with Gasteiger partial charge in [0.15, 0.2) is 0 Å². The zero-order chi connectivity index (χ0) is 26.5. The zero-order valence-corrected chi connectivity index (χ0v) is 25.3. The third-order valence-corrected chi connectivity index (χ3v) is 13.2. The number of amides is 1. The van der Waals surface area contributed by atoms with E-state index >= 15 is 0 Å². The average molecular weight is 514 g/mol. The lowest BCUT2D eigenvalue weighted by Crippen LogP contribution is -2.62. The zero-order valence-electron chi connectivity index (χ0n) is 25.3. The van der Waals surface area contributed by atoms with Crippen LogP contribution in [0.15, 0.2) is 0 Å². The van der Waals surface area contributed by atoms with Crippen LogP contribution >= 0.6 is 0 Å². The van der Waals surface area contributed by atoms with Gasteiger partial charge >= 0.3 is 0 Å². The Balaban J connectivity index is 0.000000892. The van der Waals surface area contributed by atoms with Crippen molar-refractivity contribution in [2.24, 2.45) is 51.2 Å². The fourth-order valence-corrected chi connectivity index (χ4v) is 11.9. The molecule has 0 spiro atoms. The van der Waals surface area contributed by atoms with Gasteiger partial charge in [-0.2, -0.15) is 0 Å². The maximum Gasteiger partial charge on any atom is 0.226 e. The van der Waals surface area contributed by atoms with Gasteiger partial charge in [0.25, 0.3) is 0 Å². The SMILES string of the molecule is CC1(C)CCCC2(C)C1CCC1(C)C3CCC4(C(=O)NCC5CCCO5)CCCC4C3CCC12.CCC. The summed E-state index contributed by atoms with van der Waals surface area (Å²) in [6.45, 7) is 16.4. The third kappa shape index (κ3) is 4.54. The van der Waals surface area contributed by atoms with Crippen molar-refractivity contribution in [1.82, 2.24) is 5.32 Å². The van der Waals surface area contributed by atoms with Crippen LogP contribution in [0, 0.1) is 51.2 Å². The van der Waals surface area contributed by atoms with Crippen LogP contribution in [-0.2, 0) is 9.53 Å². The van der Waals surface area contributed by atoms with Crippen LogP contribution in [0.5, 0.6) is 0 Å². The molecule has 3 nitrogen and oxygen atoms in total. The predicted molar refractivity (Wildman–Crippen MR) is 153 cm³/mol. The maximum atomic E-state index is 13.7. The summed E-state index contributed by atoms with van der Waals surface area (Å²) < 4.78 is 5.81. The van der Waals surface area contributed by atoms with Gasteiger partial charge in [-0.3, -0.25) is 4.79 Å². The van der Waals surface area contributed by atoms with Crippen molar-refractivity contribution in [3.8, 4) is 0 Å². The number of nitrogens with one attached hydrogen (secondary N) is 1. The van der Waals surface area contributed by atoms with Gasteiger partial charge in [-0.25, -0.2) is 0 Å². The summed E-state index contributed by atoms with van der Waals surface area (Å²) in [4.78, 5) is 13.7. The van der Waals surface area contributed by atoms with Gasteiger partial charge in [0.2, 0.25) is 5.91 Å². The Morgan fingerprint density at radius 2 is 1.54 bits per heavy atom. The van der Waals surface area contributed by atoms with E-state index in [1.54, 1.807) is 0 Å². The number of ether oxygens (including phenoxy) is 1. The maximum absolute atomic E-state index is 13.7. The molecule has 1 aliphatic heterocycles. The Bertz CT molecular complexity index is 817. The highest BCUT2D eigenvalue weighted by atomic mass is 16.5. The van der Waals surface area contributed by atoms with Crippen molar-refractivity contribution in [3.05, 3.63) is 0 Å². The van der Waals surface area contributed by atoms with Gasteiger partial charge in [-0.1, -0.05) is 60.8 Å². The van der Waals surface area contributed by atoms with Crippen molar-refractivity contribution in [2.45, 2.75) is 144 Å². The van der Waals surface area contributed by atoms with Gasteiger partial charge in [0.05, 0.1) is 11.5 Å². The normalized spacial score (nSPS) is 47.9. The molecule has 0 radical (unpaired) electrons. The van der Waals surface area contributed by atoms with Crippen LogP contribution in [0.3, 0.4) is 0 Å². The summed E-state index contributed by atoms with van der Waals surface area (Å²) in [6.07, 6.45) is 19.9. The molecule has 9 atom stereocenters. The monoisotopic (exact) mass is 513 g/mol. The minimum absolute atomic E-state index is 0.0725. The second kappa shape index (κ2) is 10.4. The molecule has 6 rings (SSSR count). The molecule has 5 saturated carbocycles. The van der Waals surface area contributed by atoms with Crippen molar-refractivity contribution < 1.29 is 9.53 Å². The molecule has 1 heterocycles. The number of hydrogen-bond acceptors (Lipinski definition) is 2. The minimum Gasteiger partial charge on any atom is -0.376 e. The Morgan fingerprint density at radius 3 is 2.27 bits per heavy atom. The quantitative estimate of drug-likeness (QED) is 0.410. The van der Waals surface area contributed by atoms with Crippen LogP contribution in [0.4, 0.5) is 0 Å². The van der Waals surface area contributed by atoms with Crippen molar-refractivity contribution in [2.75, 3.05) is 13.2 Å². The Morgan fingerprint density at radius 1 is 0.757 bits per heavy atom. The number of fused-ring (bicyclic) bond motifs is 7. The summed E-state index contributed by atoms with van der Waals surface area (Å²) in [6, 6.07) is 0. The molecule has 6 aliphatic rings. The fraction of sp³-hybridized carbons (Fsp3) is 0.971. The van der Waals surface area contributed by atoms with Crippen molar-refractivity contribution in [1.29, 1.82) is 0 Å². The van der Waals surface area contributed by atoms with E-state index in [0.717, 1.165) is 62.5 Å². The van der Waals surface area contributed by atoms with E-state index in [2.05, 4.69) is 46.9 Å². The van der Waals surface area contributed by atoms with E-state index in [9.17, 15) is 4.79 Å². The Kier molecular flexibility index (Phi) is 7.89.